The standard InChI is InChI=1S/C14H10Cl2N2O2/c15-10-6-5-9(12(16)7-10)8-17-18-14(20)11-3-1-2-4-13(11)19/h1-8,19H,(H,18,20). The van der Waals surface area contributed by atoms with Crippen molar-refractivity contribution in [3.8, 4) is 5.75 Å². The zero-order chi connectivity index (χ0) is 14.5. The van der Waals surface area contributed by atoms with Gasteiger partial charge in [-0.1, -0.05) is 41.4 Å². The van der Waals surface area contributed by atoms with Crippen LogP contribution in [-0.4, -0.2) is 17.2 Å². The van der Waals surface area contributed by atoms with E-state index in [1.807, 2.05) is 0 Å². The number of halogens is 2. The highest BCUT2D eigenvalue weighted by Gasteiger charge is 2.08. The number of para-hydroxylation sites is 1. The van der Waals surface area contributed by atoms with Gasteiger partial charge >= 0.3 is 0 Å². The minimum Gasteiger partial charge on any atom is -0.507 e. The van der Waals surface area contributed by atoms with Gasteiger partial charge < -0.3 is 5.11 Å². The van der Waals surface area contributed by atoms with Crippen LogP contribution in [-0.2, 0) is 0 Å². The number of phenolic OH excluding ortho intramolecular Hbond substituents is 1. The molecule has 0 saturated heterocycles. The van der Waals surface area contributed by atoms with E-state index in [-0.39, 0.29) is 11.3 Å². The summed E-state index contributed by atoms with van der Waals surface area (Å²) in [5.74, 6) is -0.617. The third kappa shape index (κ3) is 3.50. The number of aromatic hydroxyl groups is 1. The number of hydrogen-bond donors (Lipinski definition) is 2. The van der Waals surface area contributed by atoms with Crippen LogP contribution in [0.3, 0.4) is 0 Å². The van der Waals surface area contributed by atoms with Crippen LogP contribution in [0.1, 0.15) is 15.9 Å². The molecule has 2 rings (SSSR count). The molecule has 0 spiro atoms. The predicted molar refractivity (Wildman–Crippen MR) is 79.6 cm³/mol. The van der Waals surface area contributed by atoms with E-state index in [2.05, 4.69) is 10.5 Å². The molecule has 0 bridgehead atoms. The highest BCUT2D eigenvalue weighted by molar-refractivity contribution is 6.36. The molecule has 0 heterocycles. The minimum absolute atomic E-state index is 0.107. The Morgan fingerprint density at radius 3 is 2.65 bits per heavy atom. The molecule has 2 N–H and O–H groups in total. The molecule has 20 heavy (non-hydrogen) atoms. The second kappa shape index (κ2) is 6.41. The molecule has 1 amide bonds. The molecular weight excluding hydrogens is 299 g/mol. The summed E-state index contributed by atoms with van der Waals surface area (Å²) in [6.45, 7) is 0. The van der Waals surface area contributed by atoms with Gasteiger partial charge in [-0.15, -0.1) is 0 Å². The van der Waals surface area contributed by atoms with E-state index in [1.54, 1.807) is 30.3 Å². The van der Waals surface area contributed by atoms with Crippen LogP contribution in [0.15, 0.2) is 47.6 Å². The first kappa shape index (κ1) is 14.4. The summed E-state index contributed by atoms with van der Waals surface area (Å²) in [4.78, 5) is 11.8. The van der Waals surface area contributed by atoms with Crippen molar-refractivity contribution in [2.75, 3.05) is 0 Å². The maximum Gasteiger partial charge on any atom is 0.275 e. The molecular formula is C14H10Cl2N2O2. The van der Waals surface area contributed by atoms with Crippen LogP contribution in [0.2, 0.25) is 10.0 Å². The van der Waals surface area contributed by atoms with Crippen LogP contribution in [0, 0.1) is 0 Å². The number of nitrogens with one attached hydrogen (secondary N) is 1. The van der Waals surface area contributed by atoms with Crippen LogP contribution >= 0.6 is 23.2 Å². The van der Waals surface area contributed by atoms with E-state index in [1.165, 1.54) is 18.3 Å². The Balaban J connectivity index is 2.07. The van der Waals surface area contributed by atoms with Gasteiger partial charge in [0.25, 0.3) is 5.91 Å². The number of hydrazone groups is 1. The number of amides is 1. The summed E-state index contributed by atoms with van der Waals surface area (Å²) in [7, 11) is 0. The highest BCUT2D eigenvalue weighted by Crippen LogP contribution is 2.19. The molecule has 0 aliphatic heterocycles. The van der Waals surface area contributed by atoms with Gasteiger partial charge in [-0.2, -0.15) is 5.10 Å². The zero-order valence-corrected chi connectivity index (χ0v) is 11.7. The molecule has 0 aliphatic rings. The Labute approximate surface area is 125 Å². The van der Waals surface area contributed by atoms with Gasteiger partial charge in [0, 0.05) is 10.6 Å². The van der Waals surface area contributed by atoms with Crippen molar-refractivity contribution in [3.05, 3.63) is 63.6 Å². The molecule has 0 aromatic heterocycles. The quantitative estimate of drug-likeness (QED) is 0.674. The molecule has 0 radical (unpaired) electrons. The van der Waals surface area contributed by atoms with Gasteiger partial charge in [0.1, 0.15) is 5.75 Å². The Bertz CT molecular complexity index is 672. The van der Waals surface area contributed by atoms with Gasteiger partial charge in [0.15, 0.2) is 0 Å². The molecule has 6 heteroatoms. The third-order valence-electron chi connectivity index (χ3n) is 2.48. The average molecular weight is 309 g/mol. The molecule has 2 aromatic rings. The predicted octanol–water partition coefficient (Wildman–Crippen LogP) is 3.46. The maximum absolute atomic E-state index is 11.8. The lowest BCUT2D eigenvalue weighted by molar-refractivity contribution is 0.0952. The number of nitrogens with zero attached hydrogens (tertiary/aromatic N) is 1. The topological polar surface area (TPSA) is 61.7 Å². The monoisotopic (exact) mass is 308 g/mol. The number of carbonyl (C=O) groups is 1. The Morgan fingerprint density at radius 1 is 1.20 bits per heavy atom. The second-order valence-corrected chi connectivity index (χ2v) is 4.73. The molecule has 0 aliphatic carbocycles. The van der Waals surface area contributed by atoms with E-state index < -0.39 is 5.91 Å². The summed E-state index contributed by atoms with van der Waals surface area (Å²) in [5, 5.41) is 14.3. The van der Waals surface area contributed by atoms with Gasteiger partial charge in [-0.25, -0.2) is 5.43 Å². The van der Waals surface area contributed by atoms with E-state index >= 15 is 0 Å². The number of carbonyl (C=O) groups excluding carboxylic acids is 1. The van der Waals surface area contributed by atoms with E-state index in [9.17, 15) is 9.90 Å². The molecule has 0 saturated carbocycles. The normalized spacial score (nSPS) is 10.7. The molecule has 0 atom stereocenters. The van der Waals surface area contributed by atoms with Crippen LogP contribution in [0.25, 0.3) is 0 Å². The molecule has 0 fully saturated rings. The van der Waals surface area contributed by atoms with Gasteiger partial charge in [0.05, 0.1) is 16.8 Å². The van der Waals surface area contributed by atoms with Crippen molar-refractivity contribution in [1.29, 1.82) is 0 Å². The summed E-state index contributed by atoms with van der Waals surface area (Å²) < 4.78 is 0. The molecule has 4 nitrogen and oxygen atoms in total. The minimum atomic E-state index is -0.510. The Morgan fingerprint density at radius 2 is 1.95 bits per heavy atom. The van der Waals surface area contributed by atoms with Crippen molar-refractivity contribution in [2.24, 2.45) is 5.10 Å². The van der Waals surface area contributed by atoms with E-state index in [4.69, 9.17) is 23.2 Å². The largest absolute Gasteiger partial charge is 0.507 e. The Kier molecular flexibility index (Phi) is 4.61. The van der Waals surface area contributed by atoms with Gasteiger partial charge in [-0.05, 0) is 24.3 Å². The fraction of sp³-hybridized carbons (Fsp3) is 0. The van der Waals surface area contributed by atoms with Crippen molar-refractivity contribution in [3.63, 3.8) is 0 Å². The average Bonchev–Trinajstić information content (AvgIpc) is 2.41. The fourth-order valence-electron chi connectivity index (χ4n) is 1.49. The van der Waals surface area contributed by atoms with Crippen molar-refractivity contribution in [1.82, 2.24) is 5.43 Å². The molecule has 0 unspecified atom stereocenters. The number of rotatable bonds is 3. The van der Waals surface area contributed by atoms with Crippen molar-refractivity contribution < 1.29 is 9.90 Å². The SMILES string of the molecule is O=C(NN=Cc1ccc(Cl)cc1Cl)c1ccccc1O. The van der Waals surface area contributed by atoms with Crippen molar-refractivity contribution in [2.45, 2.75) is 0 Å². The number of benzene rings is 2. The third-order valence-corrected chi connectivity index (χ3v) is 3.04. The van der Waals surface area contributed by atoms with E-state index in [0.717, 1.165) is 0 Å². The van der Waals surface area contributed by atoms with E-state index in [0.29, 0.717) is 15.6 Å². The second-order valence-electron chi connectivity index (χ2n) is 3.88. The smallest absolute Gasteiger partial charge is 0.275 e. The fourth-order valence-corrected chi connectivity index (χ4v) is 1.95. The van der Waals surface area contributed by atoms with Crippen LogP contribution < -0.4 is 5.43 Å². The summed E-state index contributed by atoms with van der Waals surface area (Å²) in [6.07, 6.45) is 1.40. The van der Waals surface area contributed by atoms with Gasteiger partial charge in [-0.3, -0.25) is 4.79 Å². The lowest BCUT2D eigenvalue weighted by Gasteiger charge is -2.02. The summed E-state index contributed by atoms with van der Waals surface area (Å²) in [5.41, 5.74) is 3.07. The van der Waals surface area contributed by atoms with Crippen LogP contribution in [0.5, 0.6) is 5.75 Å². The lowest BCUT2D eigenvalue weighted by atomic mass is 10.2. The maximum atomic E-state index is 11.8. The highest BCUT2D eigenvalue weighted by atomic mass is 35.5. The first-order valence-electron chi connectivity index (χ1n) is 5.64. The lowest BCUT2D eigenvalue weighted by Crippen LogP contribution is -2.17. The van der Waals surface area contributed by atoms with Gasteiger partial charge in [0.2, 0.25) is 0 Å². The van der Waals surface area contributed by atoms with Crippen LogP contribution in [0.4, 0.5) is 0 Å². The number of phenols is 1. The first-order valence-corrected chi connectivity index (χ1v) is 6.40. The zero-order valence-electron chi connectivity index (χ0n) is 10.2. The molecule has 2 aromatic carbocycles. The number of hydrogen-bond acceptors (Lipinski definition) is 3. The Hall–Kier alpha value is -2.04. The summed E-state index contributed by atoms with van der Waals surface area (Å²) in [6, 6.07) is 11.1. The summed E-state index contributed by atoms with van der Waals surface area (Å²) >= 11 is 11.7. The first-order chi connectivity index (χ1) is 9.58. The molecule has 102 valence electrons. The van der Waals surface area contributed by atoms with Crippen molar-refractivity contribution >= 4 is 35.3 Å².